The zero-order valence-corrected chi connectivity index (χ0v) is 12.1. The van der Waals surface area contributed by atoms with Gasteiger partial charge in [0, 0.05) is 4.47 Å². The van der Waals surface area contributed by atoms with Crippen LogP contribution in [0.5, 0.6) is 0 Å². The van der Waals surface area contributed by atoms with Crippen molar-refractivity contribution in [3.05, 3.63) is 69.9 Å². The number of halogens is 2. The Hall–Kier alpha value is -1.88. The zero-order valence-electron chi connectivity index (χ0n) is 10.5. The Morgan fingerprint density at radius 1 is 1.15 bits per heavy atom. The molecule has 0 saturated carbocycles. The van der Waals surface area contributed by atoms with Crippen molar-refractivity contribution in [1.82, 2.24) is 0 Å². The summed E-state index contributed by atoms with van der Waals surface area (Å²) in [6.45, 7) is 0.306. The molecule has 0 saturated heterocycles. The van der Waals surface area contributed by atoms with Gasteiger partial charge in [0.2, 0.25) is 0 Å². The molecule has 1 aliphatic heterocycles. The van der Waals surface area contributed by atoms with E-state index in [0.717, 1.165) is 15.6 Å². The third kappa shape index (κ3) is 2.18. The minimum absolute atomic E-state index is 0.148. The van der Waals surface area contributed by atoms with E-state index in [1.54, 1.807) is 12.1 Å². The quantitative estimate of drug-likeness (QED) is 0.916. The van der Waals surface area contributed by atoms with Gasteiger partial charge in [0.05, 0.1) is 0 Å². The summed E-state index contributed by atoms with van der Waals surface area (Å²) in [5, 5.41) is 0. The first-order valence-electron chi connectivity index (χ1n) is 6.10. The zero-order chi connectivity index (χ0) is 14.2. The Morgan fingerprint density at radius 2 is 1.90 bits per heavy atom. The van der Waals surface area contributed by atoms with Crippen molar-refractivity contribution in [2.45, 2.75) is 5.54 Å². The van der Waals surface area contributed by atoms with Gasteiger partial charge in [0.15, 0.2) is 5.54 Å². The molecule has 0 fully saturated rings. The van der Waals surface area contributed by atoms with Crippen LogP contribution in [0.1, 0.15) is 11.1 Å². The summed E-state index contributed by atoms with van der Waals surface area (Å²) < 4.78 is 19.5. The van der Waals surface area contributed by atoms with Gasteiger partial charge >= 0.3 is 0 Å². The maximum absolute atomic E-state index is 13.1. The van der Waals surface area contributed by atoms with Gasteiger partial charge in [0.25, 0.3) is 6.02 Å². The van der Waals surface area contributed by atoms with Gasteiger partial charge in [0.1, 0.15) is 12.4 Å². The highest BCUT2D eigenvalue weighted by Gasteiger charge is 2.40. The van der Waals surface area contributed by atoms with Gasteiger partial charge < -0.3 is 10.5 Å². The summed E-state index contributed by atoms with van der Waals surface area (Å²) in [6.07, 6.45) is 0. The summed E-state index contributed by atoms with van der Waals surface area (Å²) in [5.41, 5.74) is 6.76. The van der Waals surface area contributed by atoms with Crippen LogP contribution in [0.4, 0.5) is 4.39 Å². The summed E-state index contributed by atoms with van der Waals surface area (Å²) in [6, 6.07) is 14.2. The van der Waals surface area contributed by atoms with Gasteiger partial charge in [-0.15, -0.1) is 0 Å². The Kier molecular flexibility index (Phi) is 3.22. The summed E-state index contributed by atoms with van der Waals surface area (Å²) in [5.74, 6) is -0.283. The highest BCUT2D eigenvalue weighted by atomic mass is 79.9. The van der Waals surface area contributed by atoms with Crippen molar-refractivity contribution in [1.29, 1.82) is 0 Å². The van der Waals surface area contributed by atoms with Gasteiger partial charge in [-0.25, -0.2) is 9.38 Å². The Balaban J connectivity index is 2.18. The lowest BCUT2D eigenvalue weighted by molar-refractivity contribution is 0.278. The van der Waals surface area contributed by atoms with Crippen LogP contribution in [0.3, 0.4) is 0 Å². The molecule has 1 aliphatic rings. The number of hydrogen-bond donors (Lipinski definition) is 1. The summed E-state index contributed by atoms with van der Waals surface area (Å²) >= 11 is 3.45. The minimum Gasteiger partial charge on any atom is -0.462 e. The highest BCUT2D eigenvalue weighted by molar-refractivity contribution is 9.10. The molecule has 102 valence electrons. The number of benzene rings is 2. The minimum atomic E-state index is -0.721. The predicted molar refractivity (Wildman–Crippen MR) is 78.9 cm³/mol. The van der Waals surface area contributed by atoms with Crippen molar-refractivity contribution in [3.8, 4) is 0 Å². The number of nitrogens with zero attached hydrogens (tertiary/aromatic N) is 1. The third-order valence-corrected chi connectivity index (χ3v) is 3.85. The molecule has 3 rings (SSSR count). The third-order valence-electron chi connectivity index (χ3n) is 3.35. The fourth-order valence-corrected chi connectivity index (χ4v) is 2.76. The van der Waals surface area contributed by atoms with Gasteiger partial charge in [-0.2, -0.15) is 0 Å². The number of ether oxygens (including phenoxy) is 1. The molecule has 0 aromatic heterocycles. The van der Waals surface area contributed by atoms with Crippen molar-refractivity contribution < 1.29 is 9.13 Å². The van der Waals surface area contributed by atoms with E-state index >= 15 is 0 Å². The molecule has 5 heteroatoms. The van der Waals surface area contributed by atoms with Crippen molar-refractivity contribution >= 4 is 22.0 Å². The lowest BCUT2D eigenvalue weighted by Gasteiger charge is -2.25. The van der Waals surface area contributed by atoms with Crippen LogP contribution in [0.15, 0.2) is 58.0 Å². The fourth-order valence-electron chi connectivity index (χ4n) is 2.36. The lowest BCUT2D eigenvalue weighted by Crippen LogP contribution is -2.27. The Labute approximate surface area is 124 Å². The number of amidine groups is 1. The van der Waals surface area contributed by atoms with E-state index in [-0.39, 0.29) is 11.8 Å². The van der Waals surface area contributed by atoms with Gasteiger partial charge in [-0.05, 0) is 35.4 Å². The van der Waals surface area contributed by atoms with Crippen molar-refractivity contribution in [2.24, 2.45) is 10.7 Å². The summed E-state index contributed by atoms with van der Waals surface area (Å²) in [7, 11) is 0. The smallest absolute Gasteiger partial charge is 0.283 e. The van der Waals surface area contributed by atoms with Crippen LogP contribution in [-0.4, -0.2) is 12.6 Å². The maximum Gasteiger partial charge on any atom is 0.283 e. The number of rotatable bonds is 2. The van der Waals surface area contributed by atoms with E-state index in [2.05, 4.69) is 20.9 Å². The largest absolute Gasteiger partial charge is 0.462 e. The Bertz CT molecular complexity index is 672. The predicted octanol–water partition coefficient (Wildman–Crippen LogP) is 3.18. The molecule has 0 radical (unpaired) electrons. The first kappa shape index (κ1) is 13.1. The first-order chi connectivity index (χ1) is 9.60. The molecule has 2 aromatic carbocycles. The second kappa shape index (κ2) is 4.90. The SMILES string of the molecule is NC1=NC(c2ccc(F)cc2)(c2cccc(Br)c2)CO1. The summed E-state index contributed by atoms with van der Waals surface area (Å²) in [4.78, 5) is 4.46. The molecule has 2 N–H and O–H groups in total. The fraction of sp³-hybridized carbons (Fsp3) is 0.133. The van der Waals surface area contributed by atoms with Crippen LogP contribution in [0.2, 0.25) is 0 Å². The van der Waals surface area contributed by atoms with Crippen molar-refractivity contribution in [2.75, 3.05) is 6.61 Å². The number of aliphatic imine (C=N–C) groups is 1. The normalized spacial score (nSPS) is 21.4. The van der Waals surface area contributed by atoms with Crippen LogP contribution in [-0.2, 0) is 10.3 Å². The van der Waals surface area contributed by atoms with E-state index in [0.29, 0.717) is 6.61 Å². The van der Waals surface area contributed by atoms with E-state index in [1.165, 1.54) is 12.1 Å². The van der Waals surface area contributed by atoms with Gasteiger partial charge in [-0.1, -0.05) is 40.2 Å². The van der Waals surface area contributed by atoms with E-state index in [4.69, 9.17) is 10.5 Å². The monoisotopic (exact) mass is 334 g/mol. The molecule has 0 aliphatic carbocycles. The van der Waals surface area contributed by atoms with E-state index in [1.807, 2.05) is 24.3 Å². The second-order valence-corrected chi connectivity index (χ2v) is 5.53. The molecule has 1 atom stereocenters. The molecule has 3 nitrogen and oxygen atoms in total. The van der Waals surface area contributed by atoms with E-state index in [9.17, 15) is 4.39 Å². The highest BCUT2D eigenvalue weighted by Crippen LogP contribution is 2.38. The second-order valence-electron chi connectivity index (χ2n) is 4.62. The maximum atomic E-state index is 13.1. The Morgan fingerprint density at radius 3 is 2.50 bits per heavy atom. The van der Waals surface area contributed by atoms with Crippen LogP contribution < -0.4 is 5.73 Å². The standard InChI is InChI=1S/C15H12BrFN2O/c16-12-3-1-2-11(8-12)15(9-20-14(18)19-15)10-4-6-13(17)7-5-10/h1-8H,9H2,(H2,18,19). The van der Waals surface area contributed by atoms with Crippen LogP contribution >= 0.6 is 15.9 Å². The van der Waals surface area contributed by atoms with E-state index < -0.39 is 5.54 Å². The van der Waals surface area contributed by atoms with Crippen LogP contribution in [0, 0.1) is 5.82 Å². The number of hydrogen-bond acceptors (Lipinski definition) is 3. The lowest BCUT2D eigenvalue weighted by atomic mass is 9.84. The molecule has 0 spiro atoms. The average Bonchev–Trinajstić information content (AvgIpc) is 2.83. The van der Waals surface area contributed by atoms with Gasteiger partial charge in [-0.3, -0.25) is 0 Å². The first-order valence-corrected chi connectivity index (χ1v) is 6.90. The molecule has 1 heterocycles. The molecular formula is C15H12BrFN2O. The molecule has 20 heavy (non-hydrogen) atoms. The molecule has 2 aromatic rings. The van der Waals surface area contributed by atoms with Crippen molar-refractivity contribution in [3.63, 3.8) is 0 Å². The molecule has 1 unspecified atom stereocenters. The van der Waals surface area contributed by atoms with Crippen LogP contribution in [0.25, 0.3) is 0 Å². The average molecular weight is 335 g/mol. The molecule has 0 amide bonds. The molecule has 0 bridgehead atoms. The number of nitrogens with two attached hydrogens (primary N) is 1. The molecular weight excluding hydrogens is 323 g/mol. The topological polar surface area (TPSA) is 47.6 Å².